The number of hydrogen-bond donors (Lipinski definition) is 0. The minimum absolute atomic E-state index is 0.570. The summed E-state index contributed by atoms with van der Waals surface area (Å²) in [7, 11) is 0. The quantitative estimate of drug-likeness (QED) is 0.394. The molecule has 0 heterocycles. The zero-order valence-electron chi connectivity index (χ0n) is 8.06. The van der Waals surface area contributed by atoms with Crippen LogP contribution in [0, 0.1) is 0 Å². The van der Waals surface area contributed by atoms with Gasteiger partial charge in [-0.2, -0.15) is 0 Å². The van der Waals surface area contributed by atoms with E-state index in [2.05, 4.69) is 34.3 Å². The molecule has 72 valence electrons. The number of benzene rings is 1. The molecule has 0 spiro atoms. The summed E-state index contributed by atoms with van der Waals surface area (Å²) in [5.74, 6) is 0.775. The zero-order valence-corrected chi connectivity index (χ0v) is 8.06. The summed E-state index contributed by atoms with van der Waals surface area (Å²) in [6, 6.07) is 8.48. The molecule has 3 nitrogen and oxygen atoms in total. The molecule has 3 heteroatoms. The van der Waals surface area contributed by atoms with E-state index in [4.69, 9.17) is 5.53 Å². The van der Waals surface area contributed by atoms with E-state index in [9.17, 15) is 0 Å². The molecule has 1 saturated carbocycles. The molecule has 0 bridgehead atoms. The normalized spacial score (nSPS) is 14.9. The molecule has 0 radical (unpaired) electrons. The van der Waals surface area contributed by atoms with Crippen molar-refractivity contribution in [2.75, 3.05) is 6.54 Å². The van der Waals surface area contributed by atoms with Crippen molar-refractivity contribution < 1.29 is 0 Å². The smallest absolute Gasteiger partial charge is 0.0298 e. The SMILES string of the molecule is [N-]=[N+]=NCCc1ccccc1C1CC1. The number of azide groups is 1. The summed E-state index contributed by atoms with van der Waals surface area (Å²) in [5, 5.41) is 3.57. The summed E-state index contributed by atoms with van der Waals surface area (Å²) >= 11 is 0. The van der Waals surface area contributed by atoms with Gasteiger partial charge in [0.05, 0.1) is 0 Å². The second-order valence-corrected chi connectivity index (χ2v) is 3.68. The molecule has 1 aliphatic carbocycles. The fourth-order valence-corrected chi connectivity index (χ4v) is 1.77. The molecule has 0 amide bonds. The zero-order chi connectivity index (χ0) is 9.80. The number of nitrogens with zero attached hydrogens (tertiary/aromatic N) is 3. The second kappa shape index (κ2) is 4.16. The Morgan fingerprint density at radius 2 is 2.14 bits per heavy atom. The minimum atomic E-state index is 0.570. The van der Waals surface area contributed by atoms with E-state index in [-0.39, 0.29) is 0 Å². The molecule has 0 unspecified atom stereocenters. The molecule has 0 N–H and O–H groups in total. The summed E-state index contributed by atoms with van der Waals surface area (Å²) in [4.78, 5) is 2.77. The Kier molecular flexibility index (Phi) is 2.70. The average molecular weight is 187 g/mol. The first-order valence-electron chi connectivity index (χ1n) is 5.00. The molecule has 1 fully saturated rings. The molecule has 0 aromatic heterocycles. The van der Waals surface area contributed by atoms with Crippen LogP contribution in [0.25, 0.3) is 10.4 Å². The van der Waals surface area contributed by atoms with Crippen LogP contribution in [0.2, 0.25) is 0 Å². The summed E-state index contributed by atoms with van der Waals surface area (Å²) in [5.41, 5.74) is 11.0. The van der Waals surface area contributed by atoms with Crippen LogP contribution in [0.5, 0.6) is 0 Å². The Bertz CT molecular complexity index is 363. The van der Waals surface area contributed by atoms with E-state index in [0.29, 0.717) is 6.54 Å². The third-order valence-corrected chi connectivity index (χ3v) is 2.62. The van der Waals surface area contributed by atoms with Gasteiger partial charge in [0.15, 0.2) is 0 Å². The maximum absolute atomic E-state index is 8.19. The van der Waals surface area contributed by atoms with Gasteiger partial charge in [-0.1, -0.05) is 29.4 Å². The van der Waals surface area contributed by atoms with E-state index in [1.54, 1.807) is 0 Å². The largest absolute Gasteiger partial charge is 0.0936 e. The maximum Gasteiger partial charge on any atom is 0.0298 e. The summed E-state index contributed by atoms with van der Waals surface area (Å²) < 4.78 is 0. The molecule has 1 aromatic rings. The van der Waals surface area contributed by atoms with Crippen molar-refractivity contribution in [2.45, 2.75) is 25.2 Å². The maximum atomic E-state index is 8.19. The highest BCUT2D eigenvalue weighted by Gasteiger charge is 2.25. The lowest BCUT2D eigenvalue weighted by Crippen LogP contribution is -1.94. The van der Waals surface area contributed by atoms with Gasteiger partial charge in [-0.3, -0.25) is 0 Å². The number of hydrogen-bond acceptors (Lipinski definition) is 1. The van der Waals surface area contributed by atoms with Crippen LogP contribution in [0.15, 0.2) is 29.4 Å². The van der Waals surface area contributed by atoms with Crippen LogP contribution in [0.3, 0.4) is 0 Å². The fourth-order valence-electron chi connectivity index (χ4n) is 1.77. The van der Waals surface area contributed by atoms with Crippen LogP contribution in [-0.2, 0) is 6.42 Å². The van der Waals surface area contributed by atoms with E-state index in [1.165, 1.54) is 24.0 Å². The van der Waals surface area contributed by atoms with E-state index < -0.39 is 0 Å². The van der Waals surface area contributed by atoms with Crippen molar-refractivity contribution in [3.05, 3.63) is 45.8 Å². The van der Waals surface area contributed by atoms with Crippen molar-refractivity contribution in [2.24, 2.45) is 5.11 Å². The predicted octanol–water partition coefficient (Wildman–Crippen LogP) is 3.42. The first-order valence-corrected chi connectivity index (χ1v) is 5.00. The Labute approximate surface area is 83.4 Å². The van der Waals surface area contributed by atoms with Crippen LogP contribution >= 0.6 is 0 Å². The molecule has 2 rings (SSSR count). The van der Waals surface area contributed by atoms with Crippen molar-refractivity contribution in [3.8, 4) is 0 Å². The lowest BCUT2D eigenvalue weighted by molar-refractivity contribution is 0.927. The van der Waals surface area contributed by atoms with Gasteiger partial charge in [0.2, 0.25) is 0 Å². The molecule has 14 heavy (non-hydrogen) atoms. The minimum Gasteiger partial charge on any atom is -0.0936 e. The monoisotopic (exact) mass is 187 g/mol. The standard InChI is InChI=1S/C11H13N3/c12-14-13-8-7-9-3-1-2-4-11(9)10-5-6-10/h1-4,10H,5-8H2. The lowest BCUT2D eigenvalue weighted by atomic mass is 10.0. The Morgan fingerprint density at radius 3 is 2.86 bits per heavy atom. The van der Waals surface area contributed by atoms with Gasteiger partial charge in [0, 0.05) is 11.5 Å². The molecule has 0 aliphatic heterocycles. The Morgan fingerprint density at radius 1 is 1.36 bits per heavy atom. The lowest BCUT2D eigenvalue weighted by Gasteiger charge is -2.05. The summed E-state index contributed by atoms with van der Waals surface area (Å²) in [6.45, 7) is 0.570. The van der Waals surface area contributed by atoms with Gasteiger partial charge in [-0.15, -0.1) is 0 Å². The fraction of sp³-hybridized carbons (Fsp3) is 0.455. The third-order valence-electron chi connectivity index (χ3n) is 2.62. The van der Waals surface area contributed by atoms with Gasteiger partial charge in [-0.05, 0) is 41.8 Å². The third kappa shape index (κ3) is 2.06. The first-order chi connectivity index (χ1) is 6.92. The molecule has 1 aromatic carbocycles. The van der Waals surface area contributed by atoms with Crippen LogP contribution < -0.4 is 0 Å². The van der Waals surface area contributed by atoms with E-state index >= 15 is 0 Å². The van der Waals surface area contributed by atoms with Gasteiger partial charge in [0.1, 0.15) is 0 Å². The van der Waals surface area contributed by atoms with Crippen molar-refractivity contribution in [1.29, 1.82) is 0 Å². The molecular weight excluding hydrogens is 174 g/mol. The van der Waals surface area contributed by atoms with Crippen LogP contribution in [-0.4, -0.2) is 6.54 Å². The first kappa shape index (κ1) is 9.10. The summed E-state index contributed by atoms with van der Waals surface area (Å²) in [6.07, 6.45) is 3.51. The van der Waals surface area contributed by atoms with E-state index in [0.717, 1.165) is 12.3 Å². The van der Waals surface area contributed by atoms with E-state index in [1.807, 2.05) is 0 Å². The van der Waals surface area contributed by atoms with Crippen molar-refractivity contribution >= 4 is 0 Å². The number of rotatable bonds is 4. The van der Waals surface area contributed by atoms with Crippen molar-refractivity contribution in [3.63, 3.8) is 0 Å². The second-order valence-electron chi connectivity index (χ2n) is 3.68. The molecular formula is C11H13N3. The molecule has 1 aliphatic rings. The van der Waals surface area contributed by atoms with Crippen LogP contribution in [0.1, 0.15) is 29.9 Å². The van der Waals surface area contributed by atoms with Crippen LogP contribution in [0.4, 0.5) is 0 Å². The molecule has 0 atom stereocenters. The Hall–Kier alpha value is -1.47. The topological polar surface area (TPSA) is 48.8 Å². The van der Waals surface area contributed by atoms with Gasteiger partial charge in [0.25, 0.3) is 0 Å². The highest BCUT2D eigenvalue weighted by Crippen LogP contribution is 2.41. The predicted molar refractivity (Wildman–Crippen MR) is 56.1 cm³/mol. The van der Waals surface area contributed by atoms with Crippen molar-refractivity contribution in [1.82, 2.24) is 0 Å². The van der Waals surface area contributed by atoms with Gasteiger partial charge < -0.3 is 0 Å². The molecule has 0 saturated heterocycles. The average Bonchev–Trinajstić information content (AvgIpc) is 3.03. The highest BCUT2D eigenvalue weighted by molar-refractivity contribution is 5.33. The Balaban J connectivity index is 2.10. The van der Waals surface area contributed by atoms with Gasteiger partial charge in [-0.25, -0.2) is 0 Å². The highest BCUT2D eigenvalue weighted by atomic mass is 15.1. The van der Waals surface area contributed by atoms with Gasteiger partial charge >= 0.3 is 0 Å².